The van der Waals surface area contributed by atoms with Crippen molar-refractivity contribution in [1.82, 2.24) is 24.7 Å². The number of hydrogen-bond acceptors (Lipinski definition) is 6. The lowest BCUT2D eigenvalue weighted by molar-refractivity contribution is 0.301. The number of ether oxygens (including phenoxy) is 1. The predicted octanol–water partition coefficient (Wildman–Crippen LogP) is 5.21. The normalized spacial score (nSPS) is 11.0. The van der Waals surface area contributed by atoms with Crippen LogP contribution in [-0.2, 0) is 6.54 Å². The Labute approximate surface area is 196 Å². The molecule has 0 aliphatic carbocycles. The third-order valence-corrected chi connectivity index (χ3v) is 5.43. The molecule has 5 aromatic rings. The second-order valence-electron chi connectivity index (χ2n) is 7.74. The van der Waals surface area contributed by atoms with Crippen LogP contribution in [0.1, 0.15) is 6.42 Å². The van der Waals surface area contributed by atoms with E-state index in [0.29, 0.717) is 29.5 Å². The molecule has 1 N–H and O–H groups in total. The van der Waals surface area contributed by atoms with Crippen molar-refractivity contribution in [3.63, 3.8) is 0 Å². The highest BCUT2D eigenvalue weighted by Gasteiger charge is 2.16. The number of pyridine rings is 1. The quantitative estimate of drug-likeness (QED) is 0.325. The van der Waals surface area contributed by atoms with Gasteiger partial charge in [0.1, 0.15) is 22.9 Å². The number of rotatable bonds is 8. The minimum absolute atomic E-state index is 0.295. The van der Waals surface area contributed by atoms with Gasteiger partial charge in [-0.25, -0.2) is 14.4 Å². The van der Waals surface area contributed by atoms with Crippen molar-refractivity contribution < 1.29 is 9.13 Å². The maximum absolute atomic E-state index is 14.0. The molecule has 0 saturated carbocycles. The lowest BCUT2D eigenvalue weighted by Crippen LogP contribution is -2.06. The van der Waals surface area contributed by atoms with Gasteiger partial charge in [0, 0.05) is 55.8 Å². The molecule has 3 heterocycles. The average Bonchev–Trinajstić information content (AvgIpc) is 3.40. The molecular weight excluding hydrogens is 431 g/mol. The Morgan fingerprint density at radius 3 is 2.65 bits per heavy atom. The van der Waals surface area contributed by atoms with Gasteiger partial charge in [-0.2, -0.15) is 5.10 Å². The van der Waals surface area contributed by atoms with E-state index in [0.717, 1.165) is 35.0 Å². The molecule has 0 atom stereocenters. The molecule has 7 nitrogen and oxygen atoms in total. The van der Waals surface area contributed by atoms with E-state index in [1.165, 1.54) is 12.1 Å². The maximum atomic E-state index is 14.0. The second-order valence-corrected chi connectivity index (χ2v) is 7.74. The molecular formula is C26H23FN6O. The number of benzene rings is 2. The van der Waals surface area contributed by atoms with Crippen molar-refractivity contribution in [3.8, 4) is 28.3 Å². The van der Waals surface area contributed by atoms with Crippen LogP contribution in [0.15, 0.2) is 79.4 Å². The van der Waals surface area contributed by atoms with Gasteiger partial charge in [-0.3, -0.25) is 9.67 Å². The van der Waals surface area contributed by atoms with Crippen molar-refractivity contribution in [2.45, 2.75) is 13.0 Å². The van der Waals surface area contributed by atoms with Gasteiger partial charge in [0.15, 0.2) is 5.82 Å². The SMILES string of the molecule is CNc1nc(-c2cccnc2)nc2c(OCCCn3cccn3)cc(-c3cccc(F)c3)cc12. The summed E-state index contributed by atoms with van der Waals surface area (Å²) in [5.41, 5.74) is 3.06. The fourth-order valence-corrected chi connectivity index (χ4v) is 3.80. The van der Waals surface area contributed by atoms with E-state index >= 15 is 0 Å². The van der Waals surface area contributed by atoms with E-state index in [4.69, 9.17) is 14.7 Å². The van der Waals surface area contributed by atoms with Crippen LogP contribution in [0.2, 0.25) is 0 Å². The van der Waals surface area contributed by atoms with Gasteiger partial charge in [0.05, 0.1) is 6.61 Å². The minimum Gasteiger partial charge on any atom is -0.491 e. The van der Waals surface area contributed by atoms with Crippen molar-refractivity contribution in [3.05, 3.63) is 85.2 Å². The summed E-state index contributed by atoms with van der Waals surface area (Å²) >= 11 is 0. The predicted molar refractivity (Wildman–Crippen MR) is 130 cm³/mol. The largest absolute Gasteiger partial charge is 0.491 e. The molecule has 0 radical (unpaired) electrons. The van der Waals surface area contributed by atoms with E-state index in [2.05, 4.69) is 15.4 Å². The monoisotopic (exact) mass is 454 g/mol. The van der Waals surface area contributed by atoms with Crippen molar-refractivity contribution in [1.29, 1.82) is 0 Å². The Balaban J connectivity index is 1.58. The fraction of sp³-hybridized carbons (Fsp3) is 0.154. The van der Waals surface area contributed by atoms with E-state index in [9.17, 15) is 4.39 Å². The second kappa shape index (κ2) is 9.66. The molecule has 0 saturated heterocycles. The van der Waals surface area contributed by atoms with Crippen LogP contribution in [0.25, 0.3) is 33.4 Å². The minimum atomic E-state index is -0.295. The number of aromatic nitrogens is 5. The van der Waals surface area contributed by atoms with Gasteiger partial charge in [-0.05, 0) is 53.6 Å². The number of nitrogens with zero attached hydrogens (tertiary/aromatic N) is 5. The zero-order chi connectivity index (χ0) is 23.3. The summed E-state index contributed by atoms with van der Waals surface area (Å²) < 4.78 is 22.1. The number of hydrogen-bond donors (Lipinski definition) is 1. The number of nitrogens with one attached hydrogen (secondary N) is 1. The van der Waals surface area contributed by atoms with E-state index < -0.39 is 0 Å². The van der Waals surface area contributed by atoms with Gasteiger partial charge >= 0.3 is 0 Å². The summed E-state index contributed by atoms with van der Waals surface area (Å²) in [4.78, 5) is 13.7. The molecule has 170 valence electrons. The molecule has 0 spiro atoms. The van der Waals surface area contributed by atoms with Crippen LogP contribution in [-0.4, -0.2) is 38.4 Å². The van der Waals surface area contributed by atoms with Crippen LogP contribution < -0.4 is 10.1 Å². The smallest absolute Gasteiger partial charge is 0.163 e. The van der Waals surface area contributed by atoms with Crippen LogP contribution in [0, 0.1) is 5.82 Å². The molecule has 0 aliphatic rings. The highest BCUT2D eigenvalue weighted by atomic mass is 19.1. The van der Waals surface area contributed by atoms with E-state index in [1.54, 1.807) is 24.7 Å². The Morgan fingerprint density at radius 1 is 0.971 bits per heavy atom. The third kappa shape index (κ3) is 4.56. The van der Waals surface area contributed by atoms with Crippen LogP contribution in [0.5, 0.6) is 5.75 Å². The molecule has 0 bridgehead atoms. The number of anilines is 1. The molecule has 0 unspecified atom stereocenters. The number of aryl methyl sites for hydroxylation is 1. The first-order valence-electron chi connectivity index (χ1n) is 11.0. The number of fused-ring (bicyclic) bond motifs is 1. The fourth-order valence-electron chi connectivity index (χ4n) is 3.80. The summed E-state index contributed by atoms with van der Waals surface area (Å²) in [6, 6.07) is 16.0. The molecule has 2 aromatic carbocycles. The topological polar surface area (TPSA) is 77.8 Å². The van der Waals surface area contributed by atoms with Crippen LogP contribution in [0.4, 0.5) is 10.2 Å². The van der Waals surface area contributed by atoms with Gasteiger partial charge in [-0.1, -0.05) is 12.1 Å². The van der Waals surface area contributed by atoms with E-state index in [-0.39, 0.29) is 5.82 Å². The first-order valence-corrected chi connectivity index (χ1v) is 11.0. The summed E-state index contributed by atoms with van der Waals surface area (Å²) in [6.07, 6.45) is 7.89. The Bertz CT molecular complexity index is 1410. The highest BCUT2D eigenvalue weighted by molar-refractivity contribution is 5.97. The summed E-state index contributed by atoms with van der Waals surface area (Å²) in [5, 5.41) is 8.19. The average molecular weight is 455 g/mol. The molecule has 8 heteroatoms. The zero-order valence-corrected chi connectivity index (χ0v) is 18.6. The molecule has 3 aromatic heterocycles. The first-order chi connectivity index (χ1) is 16.7. The van der Waals surface area contributed by atoms with Gasteiger partial charge in [0.2, 0.25) is 0 Å². The van der Waals surface area contributed by atoms with Crippen molar-refractivity contribution >= 4 is 16.7 Å². The molecule has 0 aliphatic heterocycles. The molecule has 5 rings (SSSR count). The Morgan fingerprint density at radius 2 is 1.88 bits per heavy atom. The third-order valence-electron chi connectivity index (χ3n) is 5.43. The van der Waals surface area contributed by atoms with Crippen LogP contribution >= 0.6 is 0 Å². The standard InChI is InChI=1S/C26H23FN6O/c1-28-26-22-15-20(18-6-2-8-21(27)14-18)16-23(34-13-5-12-33-11-4-10-30-33)24(22)31-25(32-26)19-7-3-9-29-17-19/h2-4,6-11,14-17H,5,12-13H2,1H3,(H,28,31,32). The zero-order valence-electron chi connectivity index (χ0n) is 18.6. The summed E-state index contributed by atoms with van der Waals surface area (Å²) in [6.45, 7) is 1.22. The van der Waals surface area contributed by atoms with Crippen molar-refractivity contribution in [2.75, 3.05) is 19.0 Å². The first kappa shape index (κ1) is 21.5. The summed E-state index contributed by atoms with van der Waals surface area (Å²) in [7, 11) is 1.81. The van der Waals surface area contributed by atoms with Gasteiger partial charge < -0.3 is 10.1 Å². The summed E-state index contributed by atoms with van der Waals surface area (Å²) in [5.74, 6) is 1.52. The Kier molecular flexibility index (Phi) is 6.11. The van der Waals surface area contributed by atoms with Crippen molar-refractivity contribution in [2.24, 2.45) is 0 Å². The maximum Gasteiger partial charge on any atom is 0.163 e. The van der Waals surface area contributed by atoms with Crippen LogP contribution in [0.3, 0.4) is 0 Å². The molecule has 34 heavy (non-hydrogen) atoms. The highest BCUT2D eigenvalue weighted by Crippen LogP contribution is 2.36. The molecule has 0 amide bonds. The lowest BCUT2D eigenvalue weighted by atomic mass is 10.0. The lowest BCUT2D eigenvalue weighted by Gasteiger charge is -2.15. The molecule has 0 fully saturated rings. The van der Waals surface area contributed by atoms with Gasteiger partial charge in [0.25, 0.3) is 0 Å². The number of halogens is 1. The van der Waals surface area contributed by atoms with Gasteiger partial charge in [-0.15, -0.1) is 0 Å². The Hall–Kier alpha value is -4.33. The van der Waals surface area contributed by atoms with E-state index in [1.807, 2.05) is 54.3 Å².